The molecule has 2 aliphatic rings. The molecule has 2 saturated heterocycles. The molecule has 4 rings (SSSR count). The summed E-state index contributed by atoms with van der Waals surface area (Å²) in [4.78, 5) is 25.3. The third kappa shape index (κ3) is 3.50. The minimum Gasteiger partial charge on any atom is -0.480 e. The lowest BCUT2D eigenvalue weighted by Crippen LogP contribution is -2.57. The molecule has 2 aromatic heterocycles. The molecule has 0 N–H and O–H groups in total. The molecule has 2 atom stereocenters. The highest BCUT2D eigenvalue weighted by Gasteiger charge is 2.45. The third-order valence-electron chi connectivity index (χ3n) is 4.97. The highest BCUT2D eigenvalue weighted by Crippen LogP contribution is 2.35. The number of piperazine rings is 1. The van der Waals surface area contributed by atoms with E-state index in [2.05, 4.69) is 25.1 Å². The number of hydrogen-bond donors (Lipinski definition) is 0. The highest BCUT2D eigenvalue weighted by atomic mass is 35.5. The monoisotopic (exact) mass is 406 g/mol. The molecule has 28 heavy (non-hydrogen) atoms. The molecule has 2 fully saturated rings. The van der Waals surface area contributed by atoms with Gasteiger partial charge in [0.15, 0.2) is 11.3 Å². The fraction of sp³-hybridized carbons (Fsp3) is 0.611. The number of amides is 1. The lowest BCUT2D eigenvalue weighted by atomic mass is 10.2. The summed E-state index contributed by atoms with van der Waals surface area (Å²) in [6.07, 6.45) is 1.60. The molecular weight excluding hydrogens is 384 g/mol. The van der Waals surface area contributed by atoms with Crippen LogP contribution in [0.15, 0.2) is 6.07 Å². The molecule has 1 amide bonds. The Morgan fingerprint density at radius 2 is 1.86 bits per heavy atom. The van der Waals surface area contributed by atoms with Gasteiger partial charge in [0, 0.05) is 19.2 Å². The van der Waals surface area contributed by atoms with Crippen molar-refractivity contribution < 1.29 is 14.3 Å². The minimum absolute atomic E-state index is 0.0589. The lowest BCUT2D eigenvalue weighted by Gasteiger charge is -2.41. The maximum Gasteiger partial charge on any atom is 0.410 e. The van der Waals surface area contributed by atoms with Gasteiger partial charge in [-0.3, -0.25) is 4.90 Å². The Balaban J connectivity index is 1.62. The molecule has 10 heteroatoms. The van der Waals surface area contributed by atoms with Gasteiger partial charge in [-0.2, -0.15) is 4.98 Å². The summed E-state index contributed by atoms with van der Waals surface area (Å²) in [5.74, 6) is 0.994. The molecule has 2 unspecified atom stereocenters. The largest absolute Gasteiger partial charge is 0.480 e. The molecule has 0 aromatic carbocycles. The number of nitrogens with zero attached hydrogens (tertiary/aromatic N) is 6. The molecular formula is C18H23ClN6O3. The normalized spacial score (nSPS) is 21.9. The molecule has 9 nitrogen and oxygen atoms in total. The fourth-order valence-corrected chi connectivity index (χ4v) is 4.05. The first-order valence-electron chi connectivity index (χ1n) is 9.26. The summed E-state index contributed by atoms with van der Waals surface area (Å²) in [5.41, 5.74) is 0.623. The van der Waals surface area contributed by atoms with E-state index < -0.39 is 5.60 Å². The van der Waals surface area contributed by atoms with E-state index in [1.807, 2.05) is 25.7 Å². The van der Waals surface area contributed by atoms with Crippen LogP contribution in [0.25, 0.3) is 11.0 Å². The van der Waals surface area contributed by atoms with Crippen LogP contribution in [0.3, 0.4) is 0 Å². The highest BCUT2D eigenvalue weighted by molar-refractivity contribution is 6.28. The van der Waals surface area contributed by atoms with Crippen molar-refractivity contribution in [2.75, 3.05) is 25.1 Å². The number of carbonyl (C=O) groups excluding carboxylic acids is 1. The van der Waals surface area contributed by atoms with Crippen LogP contribution in [0.2, 0.25) is 5.28 Å². The molecule has 0 aliphatic carbocycles. The number of anilines is 1. The van der Waals surface area contributed by atoms with Gasteiger partial charge in [-0.25, -0.2) is 9.78 Å². The van der Waals surface area contributed by atoms with E-state index in [1.165, 1.54) is 7.11 Å². The lowest BCUT2D eigenvalue weighted by molar-refractivity contribution is 0.0123. The standard InChI is InChI=1S/C18H23ClN6O3/c1-18(2,3)28-17(26)25-10-5-6-11(25)9-24(8-10)15-14-12(20-16(19)21-15)7-13(27-4)22-23-14/h7,10-11H,5-6,8-9H2,1-4H3. The number of rotatable bonds is 2. The fourth-order valence-electron chi connectivity index (χ4n) is 3.88. The van der Waals surface area contributed by atoms with Crippen molar-refractivity contribution in [3.05, 3.63) is 11.3 Å². The number of halogens is 1. The molecule has 2 aliphatic heterocycles. The Hall–Kier alpha value is -2.42. The summed E-state index contributed by atoms with van der Waals surface area (Å²) in [5, 5.41) is 8.42. The van der Waals surface area contributed by atoms with Gasteiger partial charge >= 0.3 is 6.09 Å². The molecule has 2 bridgehead atoms. The van der Waals surface area contributed by atoms with E-state index in [4.69, 9.17) is 21.1 Å². The van der Waals surface area contributed by atoms with Gasteiger partial charge in [0.2, 0.25) is 11.2 Å². The van der Waals surface area contributed by atoms with Crippen molar-refractivity contribution in [3.8, 4) is 5.88 Å². The first-order valence-corrected chi connectivity index (χ1v) is 9.64. The summed E-state index contributed by atoms with van der Waals surface area (Å²) in [6.45, 7) is 6.90. The van der Waals surface area contributed by atoms with Gasteiger partial charge in [-0.15, -0.1) is 10.2 Å². The van der Waals surface area contributed by atoms with Gasteiger partial charge < -0.3 is 14.4 Å². The van der Waals surface area contributed by atoms with Crippen LogP contribution in [0.1, 0.15) is 33.6 Å². The quantitative estimate of drug-likeness (QED) is 0.702. The maximum absolute atomic E-state index is 12.7. The van der Waals surface area contributed by atoms with Crippen LogP contribution in [0.4, 0.5) is 10.6 Å². The second-order valence-corrected chi connectivity index (χ2v) is 8.45. The predicted octanol–water partition coefficient (Wildman–Crippen LogP) is 2.67. The van der Waals surface area contributed by atoms with Crippen molar-refractivity contribution in [1.82, 2.24) is 25.1 Å². The molecule has 150 valence electrons. The molecule has 4 heterocycles. The molecule has 2 aromatic rings. The number of fused-ring (bicyclic) bond motifs is 3. The van der Waals surface area contributed by atoms with Gasteiger partial charge in [0.05, 0.1) is 19.2 Å². The van der Waals surface area contributed by atoms with Crippen molar-refractivity contribution in [2.45, 2.75) is 51.3 Å². The van der Waals surface area contributed by atoms with Crippen LogP contribution >= 0.6 is 11.6 Å². The second-order valence-electron chi connectivity index (χ2n) is 8.11. The Labute approximate surface area is 168 Å². The SMILES string of the molecule is COc1cc2nc(Cl)nc(N3CC4CCC(C3)N4C(=O)OC(C)(C)C)c2nn1. The Bertz CT molecular complexity index is 904. The smallest absolute Gasteiger partial charge is 0.410 e. The van der Waals surface area contributed by atoms with Crippen molar-refractivity contribution in [3.63, 3.8) is 0 Å². The summed E-state index contributed by atoms with van der Waals surface area (Å²) in [6, 6.07) is 1.80. The first kappa shape index (κ1) is 18.9. The number of aromatic nitrogens is 4. The van der Waals surface area contributed by atoms with Crippen molar-refractivity contribution in [2.24, 2.45) is 0 Å². The average molecular weight is 407 g/mol. The average Bonchev–Trinajstić information content (AvgIpc) is 2.89. The molecule has 0 radical (unpaired) electrons. The van der Waals surface area contributed by atoms with Crippen LogP contribution in [-0.2, 0) is 4.74 Å². The van der Waals surface area contributed by atoms with E-state index in [-0.39, 0.29) is 23.5 Å². The predicted molar refractivity (Wildman–Crippen MR) is 104 cm³/mol. The van der Waals surface area contributed by atoms with Gasteiger partial charge in [-0.1, -0.05) is 0 Å². The van der Waals surface area contributed by atoms with Crippen LogP contribution < -0.4 is 9.64 Å². The molecule has 0 spiro atoms. The van der Waals surface area contributed by atoms with Crippen molar-refractivity contribution >= 4 is 34.5 Å². The van der Waals surface area contributed by atoms with Gasteiger partial charge in [0.25, 0.3) is 0 Å². The van der Waals surface area contributed by atoms with Crippen molar-refractivity contribution in [1.29, 1.82) is 0 Å². The van der Waals surface area contributed by atoms with E-state index in [9.17, 15) is 4.79 Å². The zero-order valence-corrected chi connectivity index (χ0v) is 17.1. The first-order chi connectivity index (χ1) is 13.2. The summed E-state index contributed by atoms with van der Waals surface area (Å²) < 4.78 is 10.7. The topological polar surface area (TPSA) is 93.6 Å². The summed E-state index contributed by atoms with van der Waals surface area (Å²) in [7, 11) is 1.52. The number of carbonyl (C=O) groups is 1. The van der Waals surface area contributed by atoms with Crippen LogP contribution in [0.5, 0.6) is 5.88 Å². The third-order valence-corrected chi connectivity index (χ3v) is 5.14. The Morgan fingerprint density at radius 1 is 1.18 bits per heavy atom. The zero-order chi connectivity index (χ0) is 20.1. The number of methoxy groups -OCH3 is 1. The van der Waals surface area contributed by atoms with Crippen LogP contribution in [0, 0.1) is 0 Å². The van der Waals surface area contributed by atoms with E-state index in [1.54, 1.807) is 6.07 Å². The Morgan fingerprint density at radius 3 is 2.46 bits per heavy atom. The summed E-state index contributed by atoms with van der Waals surface area (Å²) >= 11 is 6.16. The van der Waals surface area contributed by atoms with E-state index in [0.29, 0.717) is 35.8 Å². The van der Waals surface area contributed by atoms with Gasteiger partial charge in [0.1, 0.15) is 11.1 Å². The second kappa shape index (κ2) is 6.88. The molecule has 0 saturated carbocycles. The van der Waals surface area contributed by atoms with Gasteiger partial charge in [-0.05, 0) is 45.2 Å². The van der Waals surface area contributed by atoms with E-state index in [0.717, 1.165) is 12.8 Å². The Kier molecular flexibility index (Phi) is 4.65. The van der Waals surface area contributed by atoms with Crippen LogP contribution in [-0.4, -0.2) is 69.0 Å². The van der Waals surface area contributed by atoms with E-state index >= 15 is 0 Å². The zero-order valence-electron chi connectivity index (χ0n) is 16.3. The maximum atomic E-state index is 12.7. The minimum atomic E-state index is -0.515. The number of hydrogen-bond acceptors (Lipinski definition) is 8. The number of ether oxygens (including phenoxy) is 2.